The van der Waals surface area contributed by atoms with Crippen LogP contribution >= 0.6 is 0 Å². The van der Waals surface area contributed by atoms with Crippen molar-refractivity contribution in [2.75, 3.05) is 0 Å². The van der Waals surface area contributed by atoms with Crippen LogP contribution in [-0.2, 0) is 10.1 Å². The molecule has 2 N–H and O–H groups in total. The van der Waals surface area contributed by atoms with Gasteiger partial charge in [0, 0.05) is 5.04 Å². The summed E-state index contributed by atoms with van der Waals surface area (Å²) in [6.07, 6.45) is 0. The molecule has 0 spiro atoms. The van der Waals surface area contributed by atoms with Gasteiger partial charge in [-0.05, 0) is 23.6 Å². The Hall–Kier alpha value is -1.30. The molecule has 0 saturated carbocycles. The Labute approximate surface area is 68.5 Å². The lowest BCUT2D eigenvalue weighted by atomic mass is 10.2. The molecule has 0 aliphatic rings. The van der Waals surface area contributed by atoms with Gasteiger partial charge in [-0.15, -0.1) is 0 Å². The minimum atomic E-state index is -0.0606. The molecule has 12 heavy (non-hydrogen) atoms. The fraction of sp³-hybridized carbons (Fsp3) is 0.143. The van der Waals surface area contributed by atoms with Crippen LogP contribution in [0, 0.1) is 6.92 Å². The van der Waals surface area contributed by atoms with Crippen molar-refractivity contribution in [2.24, 2.45) is 0 Å². The Kier molecular flexibility index (Phi) is 2.87. The van der Waals surface area contributed by atoms with E-state index in [0.717, 1.165) is 0 Å². The molecule has 0 heterocycles. The summed E-state index contributed by atoms with van der Waals surface area (Å²) in [4.78, 5) is 4.34. The number of rotatable bonds is 3. The first-order valence-corrected chi connectivity index (χ1v) is 3.19. The highest BCUT2D eigenvalue weighted by molar-refractivity contribution is 5.44. The SMILES string of the molecule is Cc1cccc(OOOO)c1O. The topological polar surface area (TPSA) is 68.2 Å². The first kappa shape index (κ1) is 8.79. The number of aromatic hydroxyl groups is 1. The average Bonchev–Trinajstić information content (AvgIpc) is 2.08. The number of hydrogen-bond donors (Lipinski definition) is 2. The molecule has 1 aromatic carbocycles. The summed E-state index contributed by atoms with van der Waals surface area (Å²) in [6, 6.07) is 4.81. The molecule has 0 saturated heterocycles. The average molecular weight is 172 g/mol. The molecule has 0 radical (unpaired) electrons. The van der Waals surface area contributed by atoms with E-state index in [4.69, 9.17) is 5.26 Å². The van der Waals surface area contributed by atoms with Gasteiger partial charge in [0.1, 0.15) is 0 Å². The van der Waals surface area contributed by atoms with Gasteiger partial charge in [0.2, 0.25) is 5.75 Å². The summed E-state index contributed by atoms with van der Waals surface area (Å²) in [5, 5.41) is 24.0. The summed E-state index contributed by atoms with van der Waals surface area (Å²) >= 11 is 0. The van der Waals surface area contributed by atoms with Crippen LogP contribution in [0.15, 0.2) is 18.2 Å². The Balaban J connectivity index is 2.78. The summed E-state index contributed by atoms with van der Waals surface area (Å²) in [5.41, 5.74) is 0.633. The van der Waals surface area contributed by atoms with Gasteiger partial charge in [0.05, 0.1) is 0 Å². The molecule has 5 heteroatoms. The van der Waals surface area contributed by atoms with Crippen LogP contribution in [0.5, 0.6) is 11.5 Å². The van der Waals surface area contributed by atoms with Gasteiger partial charge in [0.15, 0.2) is 5.75 Å². The maximum absolute atomic E-state index is 9.28. The lowest BCUT2D eigenvalue weighted by molar-refractivity contribution is -0.594. The van der Waals surface area contributed by atoms with Crippen LogP contribution < -0.4 is 4.89 Å². The summed E-state index contributed by atoms with van der Waals surface area (Å²) in [6.45, 7) is 1.70. The molecule has 0 amide bonds. The summed E-state index contributed by atoms with van der Waals surface area (Å²) in [5.74, 6) is 0.0126. The molecule has 0 bridgehead atoms. The predicted octanol–water partition coefficient (Wildman–Crippen LogP) is 1.42. The van der Waals surface area contributed by atoms with Crippen molar-refractivity contribution in [1.29, 1.82) is 0 Å². The molecule has 1 aromatic rings. The Morgan fingerprint density at radius 1 is 1.33 bits per heavy atom. The minimum absolute atomic E-state index is 0.0606. The van der Waals surface area contributed by atoms with Gasteiger partial charge in [0.25, 0.3) is 0 Å². The molecule has 0 fully saturated rings. The standard InChI is InChI=1S/C7H8O5/c1-5-3-2-4-6(7(5)8)10-12-11-9/h2-4,8-9H,1H3. The quantitative estimate of drug-likeness (QED) is 0.533. The third-order valence-electron chi connectivity index (χ3n) is 1.35. The van der Waals surface area contributed by atoms with Crippen LogP contribution in [0.25, 0.3) is 0 Å². The second kappa shape index (κ2) is 3.91. The maximum atomic E-state index is 9.28. The van der Waals surface area contributed by atoms with E-state index in [9.17, 15) is 5.11 Å². The van der Waals surface area contributed by atoms with E-state index in [2.05, 4.69) is 15.0 Å². The normalized spacial score (nSPS) is 9.83. The maximum Gasteiger partial charge on any atom is 0.210 e. The lowest BCUT2D eigenvalue weighted by Crippen LogP contribution is -1.96. The molecule has 0 aromatic heterocycles. The van der Waals surface area contributed by atoms with E-state index in [1.807, 2.05) is 0 Å². The van der Waals surface area contributed by atoms with Gasteiger partial charge in [-0.3, -0.25) is 0 Å². The van der Waals surface area contributed by atoms with Gasteiger partial charge in [-0.1, -0.05) is 12.1 Å². The van der Waals surface area contributed by atoms with E-state index in [1.165, 1.54) is 6.07 Å². The first-order valence-electron chi connectivity index (χ1n) is 3.19. The van der Waals surface area contributed by atoms with Crippen LogP contribution in [-0.4, -0.2) is 10.4 Å². The second-order valence-electron chi connectivity index (χ2n) is 2.15. The molecule has 5 nitrogen and oxygen atoms in total. The molecule has 0 unspecified atom stereocenters. The van der Waals surface area contributed by atoms with E-state index >= 15 is 0 Å². The molecule has 66 valence electrons. The number of phenols is 1. The van der Waals surface area contributed by atoms with Crippen molar-refractivity contribution in [1.82, 2.24) is 0 Å². The van der Waals surface area contributed by atoms with Crippen molar-refractivity contribution in [3.05, 3.63) is 23.8 Å². The first-order chi connectivity index (χ1) is 5.75. The highest BCUT2D eigenvalue weighted by atomic mass is 17.6. The lowest BCUT2D eigenvalue weighted by Gasteiger charge is -2.03. The van der Waals surface area contributed by atoms with E-state index in [1.54, 1.807) is 19.1 Å². The van der Waals surface area contributed by atoms with Gasteiger partial charge in [-0.2, -0.15) is 0 Å². The van der Waals surface area contributed by atoms with E-state index < -0.39 is 0 Å². The highest BCUT2D eigenvalue weighted by Gasteiger charge is 2.05. The molecular weight excluding hydrogens is 164 g/mol. The zero-order valence-corrected chi connectivity index (χ0v) is 6.35. The number of aryl methyl sites for hydroxylation is 1. The Morgan fingerprint density at radius 3 is 2.75 bits per heavy atom. The van der Waals surface area contributed by atoms with Crippen molar-refractivity contribution in [2.45, 2.75) is 6.92 Å². The third kappa shape index (κ3) is 1.85. The fourth-order valence-corrected chi connectivity index (χ4v) is 0.751. The Bertz CT molecular complexity index is 260. The van der Waals surface area contributed by atoms with E-state index in [0.29, 0.717) is 5.56 Å². The highest BCUT2D eigenvalue weighted by Crippen LogP contribution is 2.28. The second-order valence-corrected chi connectivity index (χ2v) is 2.15. The van der Waals surface area contributed by atoms with Crippen LogP contribution in [0.4, 0.5) is 0 Å². The number of phenolic OH excluding ortho intramolecular Hbond substituents is 1. The van der Waals surface area contributed by atoms with Crippen molar-refractivity contribution >= 4 is 0 Å². The zero-order valence-electron chi connectivity index (χ0n) is 6.35. The Morgan fingerprint density at radius 2 is 2.08 bits per heavy atom. The smallest absolute Gasteiger partial charge is 0.210 e. The molecule has 0 atom stereocenters. The van der Waals surface area contributed by atoms with Crippen molar-refractivity contribution in [3.8, 4) is 11.5 Å². The summed E-state index contributed by atoms with van der Waals surface area (Å²) in [7, 11) is 0. The van der Waals surface area contributed by atoms with Crippen molar-refractivity contribution in [3.63, 3.8) is 0 Å². The largest absolute Gasteiger partial charge is 0.504 e. The zero-order chi connectivity index (χ0) is 8.97. The molecule has 0 aliphatic carbocycles. The van der Waals surface area contributed by atoms with Gasteiger partial charge < -0.3 is 9.99 Å². The van der Waals surface area contributed by atoms with E-state index in [-0.39, 0.29) is 11.5 Å². The number of hydrogen-bond acceptors (Lipinski definition) is 5. The molecule has 0 aliphatic heterocycles. The number of benzene rings is 1. The van der Waals surface area contributed by atoms with Crippen LogP contribution in [0.1, 0.15) is 5.56 Å². The van der Waals surface area contributed by atoms with Gasteiger partial charge >= 0.3 is 0 Å². The predicted molar refractivity (Wildman–Crippen MR) is 38.3 cm³/mol. The fourth-order valence-electron chi connectivity index (χ4n) is 0.751. The molecular formula is C7H8O5. The number of para-hydroxylation sites is 1. The van der Waals surface area contributed by atoms with Gasteiger partial charge in [-0.25, -0.2) is 5.26 Å². The monoisotopic (exact) mass is 172 g/mol. The third-order valence-corrected chi connectivity index (χ3v) is 1.35. The minimum Gasteiger partial charge on any atom is -0.504 e. The summed E-state index contributed by atoms with van der Waals surface area (Å²) < 4.78 is 0. The molecule has 1 rings (SSSR count). The van der Waals surface area contributed by atoms with Crippen molar-refractivity contribution < 1.29 is 25.3 Å². The van der Waals surface area contributed by atoms with Crippen LogP contribution in [0.3, 0.4) is 0 Å². The van der Waals surface area contributed by atoms with Crippen LogP contribution in [0.2, 0.25) is 0 Å².